The van der Waals surface area contributed by atoms with Crippen molar-refractivity contribution in [2.24, 2.45) is 0 Å². The number of non-ortho nitro benzene ring substituents is 1. The minimum absolute atomic E-state index is 0.0423. The van der Waals surface area contributed by atoms with Gasteiger partial charge in [0, 0.05) is 23.9 Å². The molecule has 1 aliphatic rings. The lowest BCUT2D eigenvalue weighted by molar-refractivity contribution is -0.385. The van der Waals surface area contributed by atoms with Gasteiger partial charge in [-0.15, -0.1) is 0 Å². The molecule has 3 rings (SSSR count). The molecular formula is C16H14N2O5. The molecule has 0 fully saturated rings. The highest BCUT2D eigenvalue weighted by Gasteiger charge is 2.26. The van der Waals surface area contributed by atoms with Gasteiger partial charge in [-0.2, -0.15) is 0 Å². The smallest absolute Gasteiger partial charge is 0.339 e. The van der Waals surface area contributed by atoms with Crippen molar-refractivity contribution in [3.63, 3.8) is 0 Å². The van der Waals surface area contributed by atoms with Crippen LogP contribution in [0.4, 0.5) is 5.69 Å². The molecule has 0 aliphatic heterocycles. The van der Waals surface area contributed by atoms with Gasteiger partial charge in [-0.05, 0) is 24.5 Å². The summed E-state index contributed by atoms with van der Waals surface area (Å²) in [6.45, 7) is 0. The first-order valence-corrected chi connectivity index (χ1v) is 7.05. The summed E-state index contributed by atoms with van der Waals surface area (Å²) in [4.78, 5) is 26.0. The van der Waals surface area contributed by atoms with Crippen LogP contribution >= 0.6 is 0 Å². The third-order valence-electron chi connectivity index (χ3n) is 3.78. The van der Waals surface area contributed by atoms with E-state index in [1.165, 1.54) is 25.6 Å². The lowest BCUT2D eigenvalue weighted by atomic mass is 10.1. The van der Waals surface area contributed by atoms with Gasteiger partial charge in [0.15, 0.2) is 0 Å². The van der Waals surface area contributed by atoms with Crippen molar-refractivity contribution in [3.8, 4) is 5.75 Å². The van der Waals surface area contributed by atoms with Crippen LogP contribution < -0.4 is 4.74 Å². The number of nitrogens with zero attached hydrogens (tertiary/aromatic N) is 2. The summed E-state index contributed by atoms with van der Waals surface area (Å²) >= 11 is 0. The zero-order chi connectivity index (χ0) is 16.4. The van der Waals surface area contributed by atoms with E-state index in [9.17, 15) is 14.9 Å². The molecule has 1 aromatic heterocycles. The molecule has 0 saturated heterocycles. The molecule has 0 spiro atoms. The molecule has 1 aliphatic carbocycles. The Morgan fingerprint density at radius 3 is 2.91 bits per heavy atom. The van der Waals surface area contributed by atoms with Crippen LogP contribution in [0.1, 0.15) is 34.0 Å². The number of hydrogen-bond acceptors (Lipinski definition) is 6. The Bertz CT molecular complexity index is 775. The fourth-order valence-corrected chi connectivity index (χ4v) is 2.66. The van der Waals surface area contributed by atoms with E-state index < -0.39 is 10.9 Å². The maximum atomic E-state index is 11.5. The number of carbonyl (C=O) groups excluding carboxylic acids is 1. The van der Waals surface area contributed by atoms with E-state index in [2.05, 4.69) is 9.72 Å². The van der Waals surface area contributed by atoms with E-state index in [-0.39, 0.29) is 11.8 Å². The SMILES string of the molecule is COC(=O)c1cncc(O[C@@H]2CCc3ccc([N+](=O)[O-])cc32)c1. The molecule has 1 heterocycles. The highest BCUT2D eigenvalue weighted by atomic mass is 16.6. The Kier molecular flexibility index (Phi) is 3.92. The molecule has 0 amide bonds. The van der Waals surface area contributed by atoms with Gasteiger partial charge in [-0.1, -0.05) is 6.07 Å². The second-order valence-electron chi connectivity index (χ2n) is 5.19. The van der Waals surface area contributed by atoms with Gasteiger partial charge in [0.2, 0.25) is 0 Å². The Balaban J connectivity index is 1.85. The zero-order valence-corrected chi connectivity index (χ0v) is 12.4. The summed E-state index contributed by atoms with van der Waals surface area (Å²) in [5.41, 5.74) is 2.18. The first-order chi connectivity index (χ1) is 11.1. The van der Waals surface area contributed by atoms with Crippen LogP contribution in [0.25, 0.3) is 0 Å². The van der Waals surface area contributed by atoms with Gasteiger partial charge in [0.05, 0.1) is 23.8 Å². The van der Waals surface area contributed by atoms with Crippen LogP contribution in [0, 0.1) is 10.1 Å². The van der Waals surface area contributed by atoms with Crippen molar-refractivity contribution in [1.29, 1.82) is 0 Å². The van der Waals surface area contributed by atoms with E-state index in [0.29, 0.717) is 11.3 Å². The van der Waals surface area contributed by atoms with Gasteiger partial charge < -0.3 is 9.47 Å². The van der Waals surface area contributed by atoms with Crippen molar-refractivity contribution in [2.75, 3.05) is 7.11 Å². The Hall–Kier alpha value is -2.96. The molecule has 0 N–H and O–H groups in total. The molecule has 0 saturated carbocycles. The predicted octanol–water partition coefficient (Wildman–Crippen LogP) is 2.84. The molecule has 7 heteroatoms. The van der Waals surface area contributed by atoms with Crippen molar-refractivity contribution in [1.82, 2.24) is 4.98 Å². The summed E-state index contributed by atoms with van der Waals surface area (Å²) in [7, 11) is 1.29. The third kappa shape index (κ3) is 2.98. The van der Waals surface area contributed by atoms with Crippen LogP contribution in [0.15, 0.2) is 36.7 Å². The normalized spacial score (nSPS) is 15.8. The lowest BCUT2D eigenvalue weighted by Crippen LogP contribution is -2.06. The molecular weight excluding hydrogens is 300 g/mol. The number of rotatable bonds is 4. The molecule has 0 bridgehead atoms. The number of carbonyl (C=O) groups is 1. The average Bonchev–Trinajstić information content (AvgIpc) is 2.96. The monoisotopic (exact) mass is 314 g/mol. The molecule has 118 valence electrons. The second-order valence-corrected chi connectivity index (χ2v) is 5.19. The Morgan fingerprint density at radius 1 is 1.35 bits per heavy atom. The molecule has 1 aromatic carbocycles. The Morgan fingerprint density at radius 2 is 2.17 bits per heavy atom. The summed E-state index contributed by atoms with van der Waals surface area (Å²) < 4.78 is 10.5. The topological polar surface area (TPSA) is 91.6 Å². The zero-order valence-electron chi connectivity index (χ0n) is 12.4. The molecule has 7 nitrogen and oxygen atoms in total. The summed E-state index contributed by atoms with van der Waals surface area (Å²) in [6.07, 6.45) is 4.12. The number of fused-ring (bicyclic) bond motifs is 1. The second kappa shape index (κ2) is 6.04. The number of hydrogen-bond donors (Lipinski definition) is 0. The van der Waals surface area contributed by atoms with Crippen LogP contribution in [-0.4, -0.2) is 23.0 Å². The van der Waals surface area contributed by atoms with Gasteiger partial charge in [0.1, 0.15) is 11.9 Å². The predicted molar refractivity (Wildman–Crippen MR) is 80.4 cm³/mol. The number of esters is 1. The summed E-state index contributed by atoms with van der Waals surface area (Å²) in [5.74, 6) is -0.0670. The molecule has 2 aromatic rings. The minimum Gasteiger partial charge on any atom is -0.484 e. The fraction of sp³-hybridized carbons (Fsp3) is 0.250. The van der Waals surface area contributed by atoms with Crippen LogP contribution in [0.3, 0.4) is 0 Å². The minimum atomic E-state index is -0.495. The largest absolute Gasteiger partial charge is 0.484 e. The Labute approximate surface area is 132 Å². The van der Waals surface area contributed by atoms with Gasteiger partial charge in [-0.25, -0.2) is 4.79 Å². The number of benzene rings is 1. The standard InChI is InChI=1S/C16H14N2O5/c1-22-16(19)11-6-13(9-17-8-11)23-15-5-3-10-2-4-12(18(20)21)7-14(10)15/h2,4,6-9,15H,3,5H2,1H3/t15-/m1/s1. The third-order valence-corrected chi connectivity index (χ3v) is 3.78. The number of nitro groups is 1. The van der Waals surface area contributed by atoms with Crippen molar-refractivity contribution >= 4 is 11.7 Å². The van der Waals surface area contributed by atoms with Crippen molar-refractivity contribution in [2.45, 2.75) is 18.9 Å². The van der Waals surface area contributed by atoms with E-state index >= 15 is 0 Å². The van der Waals surface area contributed by atoms with Crippen LogP contribution in [0.5, 0.6) is 5.75 Å². The van der Waals surface area contributed by atoms with Crippen molar-refractivity contribution in [3.05, 3.63) is 63.5 Å². The van der Waals surface area contributed by atoms with Crippen LogP contribution in [0.2, 0.25) is 0 Å². The van der Waals surface area contributed by atoms with Gasteiger partial charge >= 0.3 is 5.97 Å². The lowest BCUT2D eigenvalue weighted by Gasteiger charge is -2.15. The molecule has 0 radical (unpaired) electrons. The number of aryl methyl sites for hydroxylation is 1. The van der Waals surface area contributed by atoms with Gasteiger partial charge in [0.25, 0.3) is 5.69 Å². The molecule has 0 unspecified atom stereocenters. The maximum absolute atomic E-state index is 11.5. The van der Waals surface area contributed by atoms with E-state index in [0.717, 1.165) is 24.0 Å². The van der Waals surface area contributed by atoms with E-state index in [4.69, 9.17) is 4.74 Å². The number of aromatic nitrogens is 1. The van der Waals surface area contributed by atoms with E-state index in [1.807, 2.05) is 0 Å². The number of pyridine rings is 1. The summed E-state index contributed by atoms with van der Waals surface area (Å²) in [6, 6.07) is 6.36. The van der Waals surface area contributed by atoms with E-state index in [1.54, 1.807) is 18.2 Å². The number of ether oxygens (including phenoxy) is 2. The quantitative estimate of drug-likeness (QED) is 0.489. The fourth-order valence-electron chi connectivity index (χ4n) is 2.66. The summed E-state index contributed by atoms with van der Waals surface area (Å²) in [5, 5.41) is 10.9. The first kappa shape index (κ1) is 15.0. The van der Waals surface area contributed by atoms with Gasteiger partial charge in [-0.3, -0.25) is 15.1 Å². The number of nitro benzene ring substituents is 1. The highest BCUT2D eigenvalue weighted by Crippen LogP contribution is 2.36. The number of methoxy groups -OCH3 is 1. The highest BCUT2D eigenvalue weighted by molar-refractivity contribution is 5.89. The first-order valence-electron chi connectivity index (χ1n) is 7.05. The molecule has 1 atom stereocenters. The maximum Gasteiger partial charge on any atom is 0.339 e. The molecule has 23 heavy (non-hydrogen) atoms. The van der Waals surface area contributed by atoms with Crippen LogP contribution in [-0.2, 0) is 11.2 Å². The average molecular weight is 314 g/mol. The van der Waals surface area contributed by atoms with Crippen molar-refractivity contribution < 1.29 is 19.2 Å².